The number of ether oxygens (including phenoxy) is 1. The van der Waals surface area contributed by atoms with E-state index in [1.165, 1.54) is 0 Å². The van der Waals surface area contributed by atoms with E-state index in [2.05, 4.69) is 22.4 Å². The van der Waals surface area contributed by atoms with E-state index >= 15 is 0 Å². The molecule has 1 saturated heterocycles. The Labute approximate surface area is 128 Å². The average molecular weight is 308 g/mol. The fraction of sp³-hybridized carbons (Fsp3) is 0.500. The van der Waals surface area contributed by atoms with Crippen LogP contribution in [0.3, 0.4) is 0 Å². The second kappa shape index (κ2) is 5.99. The Morgan fingerprint density at radius 1 is 1.48 bits per heavy atom. The van der Waals surface area contributed by atoms with Gasteiger partial charge in [0.25, 0.3) is 0 Å². The van der Waals surface area contributed by atoms with Crippen molar-refractivity contribution in [2.45, 2.75) is 32.4 Å². The van der Waals surface area contributed by atoms with E-state index in [4.69, 9.17) is 22.1 Å². The zero-order valence-electron chi connectivity index (χ0n) is 11.9. The molecule has 2 atom stereocenters. The molecule has 0 bridgehead atoms. The molecule has 0 spiro atoms. The van der Waals surface area contributed by atoms with Crippen molar-refractivity contribution in [2.75, 3.05) is 12.3 Å². The standard InChI is InChI=1S/C14H18ClN5O/c1-2-13-9(5-6-21-13)8-20-14(17-18-19-20)11-7-10(15)3-4-12(11)16/h3-4,7,9,13H,2,5-6,8,16H2,1H3. The van der Waals surface area contributed by atoms with Crippen LogP contribution in [0, 0.1) is 5.92 Å². The molecule has 1 fully saturated rings. The fourth-order valence-corrected chi connectivity index (χ4v) is 2.99. The molecule has 0 amide bonds. The lowest BCUT2D eigenvalue weighted by molar-refractivity contribution is 0.0825. The highest BCUT2D eigenvalue weighted by Crippen LogP contribution is 2.29. The number of nitrogens with zero attached hydrogens (tertiary/aromatic N) is 4. The second-order valence-corrected chi connectivity index (χ2v) is 5.72. The predicted octanol–water partition coefficient (Wildman–Crippen LogP) is 2.39. The molecule has 1 aromatic heterocycles. The lowest BCUT2D eigenvalue weighted by Gasteiger charge is -2.17. The molecule has 21 heavy (non-hydrogen) atoms. The zero-order valence-corrected chi connectivity index (χ0v) is 12.6. The molecule has 0 saturated carbocycles. The first kappa shape index (κ1) is 14.3. The van der Waals surface area contributed by atoms with Gasteiger partial charge in [0.05, 0.1) is 12.6 Å². The van der Waals surface area contributed by atoms with Crippen LogP contribution in [0.2, 0.25) is 5.02 Å². The molecule has 112 valence electrons. The molecule has 3 rings (SSSR count). The molecule has 0 aliphatic carbocycles. The number of nitrogens with two attached hydrogens (primary N) is 1. The van der Waals surface area contributed by atoms with Crippen LogP contribution in [-0.4, -0.2) is 32.9 Å². The summed E-state index contributed by atoms with van der Waals surface area (Å²) >= 11 is 6.05. The Bertz CT molecular complexity index is 630. The van der Waals surface area contributed by atoms with Gasteiger partial charge in [0.2, 0.25) is 0 Å². The highest BCUT2D eigenvalue weighted by Gasteiger charge is 2.28. The van der Waals surface area contributed by atoms with Gasteiger partial charge in [-0.15, -0.1) is 5.10 Å². The zero-order chi connectivity index (χ0) is 14.8. The quantitative estimate of drug-likeness (QED) is 0.877. The fourth-order valence-electron chi connectivity index (χ4n) is 2.82. The number of rotatable bonds is 4. The van der Waals surface area contributed by atoms with Crippen LogP contribution in [0.1, 0.15) is 19.8 Å². The third-order valence-corrected chi connectivity index (χ3v) is 4.18. The highest BCUT2D eigenvalue weighted by molar-refractivity contribution is 6.31. The van der Waals surface area contributed by atoms with Gasteiger partial charge in [0.1, 0.15) is 0 Å². The molecule has 2 heterocycles. The number of nitrogen functional groups attached to an aromatic ring is 1. The summed E-state index contributed by atoms with van der Waals surface area (Å²) in [4.78, 5) is 0. The van der Waals surface area contributed by atoms with Crippen LogP contribution in [0.15, 0.2) is 18.2 Å². The summed E-state index contributed by atoms with van der Waals surface area (Å²) in [6.45, 7) is 3.67. The first-order valence-electron chi connectivity index (χ1n) is 7.12. The number of hydrogen-bond acceptors (Lipinski definition) is 5. The SMILES string of the molecule is CCC1OCCC1Cn1nnnc1-c1cc(Cl)ccc1N. The third-order valence-electron chi connectivity index (χ3n) is 3.94. The van der Waals surface area contributed by atoms with Crippen molar-refractivity contribution in [1.29, 1.82) is 0 Å². The van der Waals surface area contributed by atoms with Crippen LogP contribution in [0.4, 0.5) is 5.69 Å². The molecule has 2 unspecified atom stereocenters. The Morgan fingerprint density at radius 3 is 3.14 bits per heavy atom. The van der Waals surface area contributed by atoms with Crippen molar-refractivity contribution in [3.05, 3.63) is 23.2 Å². The van der Waals surface area contributed by atoms with Gasteiger partial charge >= 0.3 is 0 Å². The monoisotopic (exact) mass is 307 g/mol. The highest BCUT2D eigenvalue weighted by atomic mass is 35.5. The summed E-state index contributed by atoms with van der Waals surface area (Å²) in [5.41, 5.74) is 7.40. The van der Waals surface area contributed by atoms with Gasteiger partial charge < -0.3 is 10.5 Å². The summed E-state index contributed by atoms with van der Waals surface area (Å²) in [5.74, 6) is 1.08. The van der Waals surface area contributed by atoms with Gasteiger partial charge in [0, 0.05) is 28.8 Å². The normalized spacial score (nSPS) is 21.8. The van der Waals surface area contributed by atoms with Gasteiger partial charge in [-0.3, -0.25) is 0 Å². The first-order chi connectivity index (χ1) is 10.2. The van der Waals surface area contributed by atoms with Gasteiger partial charge in [-0.05, 0) is 41.5 Å². The van der Waals surface area contributed by atoms with Crippen LogP contribution >= 0.6 is 11.6 Å². The predicted molar refractivity (Wildman–Crippen MR) is 80.8 cm³/mol. The third kappa shape index (κ3) is 2.87. The largest absolute Gasteiger partial charge is 0.398 e. The molecule has 1 aliphatic rings. The number of halogens is 1. The minimum atomic E-state index is 0.277. The van der Waals surface area contributed by atoms with E-state index in [-0.39, 0.29) is 6.10 Å². The van der Waals surface area contributed by atoms with Gasteiger partial charge in [0.15, 0.2) is 5.82 Å². The van der Waals surface area contributed by atoms with Crippen LogP contribution in [-0.2, 0) is 11.3 Å². The maximum atomic E-state index is 6.05. The number of aromatic nitrogens is 4. The Kier molecular flexibility index (Phi) is 4.07. The van der Waals surface area contributed by atoms with Crippen molar-refractivity contribution >= 4 is 17.3 Å². The lowest BCUT2D eigenvalue weighted by Crippen LogP contribution is -2.21. The molecular weight excluding hydrogens is 290 g/mol. The molecule has 1 aliphatic heterocycles. The number of benzene rings is 1. The van der Waals surface area contributed by atoms with E-state index in [1.54, 1.807) is 22.9 Å². The number of hydrogen-bond donors (Lipinski definition) is 1. The summed E-state index contributed by atoms with van der Waals surface area (Å²) in [5, 5.41) is 12.6. The van der Waals surface area contributed by atoms with E-state index in [0.717, 1.165) is 31.6 Å². The minimum absolute atomic E-state index is 0.277. The summed E-state index contributed by atoms with van der Waals surface area (Å²) < 4.78 is 7.52. The van der Waals surface area contributed by atoms with Crippen LogP contribution in [0.25, 0.3) is 11.4 Å². The molecule has 0 radical (unpaired) electrons. The molecule has 1 aromatic carbocycles. The first-order valence-corrected chi connectivity index (χ1v) is 7.50. The molecule has 6 nitrogen and oxygen atoms in total. The van der Waals surface area contributed by atoms with E-state index in [1.807, 2.05) is 0 Å². The Balaban J connectivity index is 1.89. The number of anilines is 1. The molecular formula is C14H18ClN5O. The van der Waals surface area contributed by atoms with Crippen molar-refractivity contribution in [3.63, 3.8) is 0 Å². The topological polar surface area (TPSA) is 78.8 Å². The minimum Gasteiger partial charge on any atom is -0.398 e. The Morgan fingerprint density at radius 2 is 2.33 bits per heavy atom. The van der Waals surface area contributed by atoms with Crippen LogP contribution in [0.5, 0.6) is 0 Å². The van der Waals surface area contributed by atoms with Gasteiger partial charge in [-0.25, -0.2) is 4.68 Å². The van der Waals surface area contributed by atoms with E-state index in [0.29, 0.717) is 22.5 Å². The lowest BCUT2D eigenvalue weighted by atomic mass is 9.99. The number of tetrazole rings is 1. The summed E-state index contributed by atoms with van der Waals surface area (Å²) in [7, 11) is 0. The second-order valence-electron chi connectivity index (χ2n) is 5.28. The summed E-state index contributed by atoms with van der Waals surface area (Å²) in [6, 6.07) is 5.32. The Hall–Kier alpha value is -1.66. The van der Waals surface area contributed by atoms with Crippen molar-refractivity contribution < 1.29 is 4.74 Å². The van der Waals surface area contributed by atoms with E-state index < -0.39 is 0 Å². The van der Waals surface area contributed by atoms with Crippen molar-refractivity contribution in [2.24, 2.45) is 5.92 Å². The van der Waals surface area contributed by atoms with Gasteiger partial charge in [-0.1, -0.05) is 18.5 Å². The van der Waals surface area contributed by atoms with Crippen molar-refractivity contribution in [1.82, 2.24) is 20.2 Å². The summed E-state index contributed by atoms with van der Waals surface area (Å²) in [6.07, 6.45) is 2.31. The maximum absolute atomic E-state index is 6.05. The molecule has 7 heteroatoms. The molecule has 2 N–H and O–H groups in total. The van der Waals surface area contributed by atoms with Crippen LogP contribution < -0.4 is 5.73 Å². The average Bonchev–Trinajstić information content (AvgIpc) is 3.11. The molecule has 2 aromatic rings. The maximum Gasteiger partial charge on any atom is 0.184 e. The van der Waals surface area contributed by atoms with Crippen molar-refractivity contribution in [3.8, 4) is 11.4 Å². The smallest absolute Gasteiger partial charge is 0.184 e. The van der Waals surface area contributed by atoms with E-state index in [9.17, 15) is 0 Å². The van der Waals surface area contributed by atoms with Gasteiger partial charge in [-0.2, -0.15) is 0 Å².